The average molecular weight is 270 g/mol. The Morgan fingerprint density at radius 3 is 2.50 bits per heavy atom. The number of hydrogen-bond acceptors (Lipinski definition) is 3. The van der Waals surface area contributed by atoms with Crippen LogP contribution in [0.4, 0.5) is 0 Å². The first kappa shape index (κ1) is 15.1. The Labute approximate surface area is 110 Å². The lowest BCUT2D eigenvalue weighted by Gasteiger charge is -2.13. The summed E-state index contributed by atoms with van der Waals surface area (Å²) in [7, 11) is -3.16. The molecule has 3 N–H and O–H groups in total. The Morgan fingerprint density at radius 1 is 1.22 bits per heavy atom. The maximum atomic E-state index is 11.7. The predicted molar refractivity (Wildman–Crippen MR) is 74.9 cm³/mol. The van der Waals surface area contributed by atoms with Crippen molar-refractivity contribution in [2.45, 2.75) is 25.7 Å². The van der Waals surface area contributed by atoms with Crippen LogP contribution >= 0.6 is 0 Å². The first-order valence-corrected chi connectivity index (χ1v) is 7.93. The third-order valence-corrected chi connectivity index (χ3v) is 4.28. The molecule has 5 heteroatoms. The summed E-state index contributed by atoms with van der Waals surface area (Å²) in [4.78, 5) is 0. The van der Waals surface area contributed by atoms with E-state index < -0.39 is 10.0 Å². The van der Waals surface area contributed by atoms with Gasteiger partial charge in [-0.15, -0.1) is 0 Å². The second-order valence-corrected chi connectivity index (χ2v) is 6.40. The summed E-state index contributed by atoms with van der Waals surface area (Å²) in [5.41, 5.74) is 6.48. The van der Waals surface area contributed by atoms with E-state index in [0.717, 1.165) is 12.0 Å². The fourth-order valence-electron chi connectivity index (χ4n) is 1.66. The molecule has 0 aliphatic rings. The summed E-state index contributed by atoms with van der Waals surface area (Å²) < 4.78 is 26.0. The summed E-state index contributed by atoms with van der Waals surface area (Å²) >= 11 is 0. The fraction of sp³-hybridized carbons (Fsp3) is 0.538. The van der Waals surface area contributed by atoms with E-state index in [4.69, 9.17) is 5.73 Å². The molecule has 1 aromatic rings. The van der Waals surface area contributed by atoms with E-state index >= 15 is 0 Å². The zero-order valence-corrected chi connectivity index (χ0v) is 11.6. The van der Waals surface area contributed by atoms with Gasteiger partial charge in [-0.2, -0.15) is 0 Å². The quantitative estimate of drug-likeness (QED) is 0.702. The standard InChI is InChI=1S/C13H22N2O2S/c1-12(13-7-3-2-4-8-13)11-15-18(16,17)10-6-5-9-14/h2-4,7-8,12,15H,5-6,9-11,14H2,1H3. The molecule has 0 heterocycles. The van der Waals surface area contributed by atoms with E-state index in [1.807, 2.05) is 37.3 Å². The molecule has 102 valence electrons. The van der Waals surface area contributed by atoms with Gasteiger partial charge in [-0.1, -0.05) is 37.3 Å². The summed E-state index contributed by atoms with van der Waals surface area (Å²) in [6.07, 6.45) is 1.36. The zero-order chi connectivity index (χ0) is 13.4. The van der Waals surface area contributed by atoms with Gasteiger partial charge in [-0.3, -0.25) is 0 Å². The Kier molecular flexibility index (Phi) is 6.32. The number of benzene rings is 1. The molecule has 1 unspecified atom stereocenters. The van der Waals surface area contributed by atoms with Gasteiger partial charge in [0.15, 0.2) is 0 Å². The van der Waals surface area contributed by atoms with Crippen LogP contribution in [0.2, 0.25) is 0 Å². The van der Waals surface area contributed by atoms with Crippen molar-refractivity contribution >= 4 is 10.0 Å². The third-order valence-electron chi connectivity index (χ3n) is 2.85. The molecule has 0 saturated heterocycles. The van der Waals surface area contributed by atoms with Gasteiger partial charge in [0.25, 0.3) is 0 Å². The molecule has 0 aliphatic carbocycles. The van der Waals surface area contributed by atoms with E-state index in [1.165, 1.54) is 0 Å². The molecule has 4 nitrogen and oxygen atoms in total. The van der Waals surface area contributed by atoms with Gasteiger partial charge in [0, 0.05) is 6.54 Å². The van der Waals surface area contributed by atoms with Crippen molar-refractivity contribution < 1.29 is 8.42 Å². The number of unbranched alkanes of at least 4 members (excludes halogenated alkanes) is 1. The van der Waals surface area contributed by atoms with Crippen LogP contribution in [0.25, 0.3) is 0 Å². The Balaban J connectivity index is 2.40. The maximum absolute atomic E-state index is 11.7. The fourth-order valence-corrected chi connectivity index (χ4v) is 2.89. The molecule has 0 amide bonds. The lowest BCUT2D eigenvalue weighted by atomic mass is 10.0. The lowest BCUT2D eigenvalue weighted by Crippen LogP contribution is -2.30. The van der Waals surface area contributed by atoms with Gasteiger partial charge < -0.3 is 5.73 Å². The number of nitrogens with one attached hydrogen (secondary N) is 1. The van der Waals surface area contributed by atoms with Gasteiger partial charge in [0.2, 0.25) is 10.0 Å². The second-order valence-electron chi connectivity index (χ2n) is 4.47. The normalized spacial score (nSPS) is 13.4. The van der Waals surface area contributed by atoms with Crippen LogP contribution in [0.3, 0.4) is 0 Å². The molecule has 0 spiro atoms. The molecular weight excluding hydrogens is 248 g/mol. The number of hydrogen-bond donors (Lipinski definition) is 2. The van der Waals surface area contributed by atoms with Gasteiger partial charge in [-0.05, 0) is 30.9 Å². The van der Waals surface area contributed by atoms with E-state index in [0.29, 0.717) is 19.5 Å². The van der Waals surface area contributed by atoms with Crippen LogP contribution in [-0.4, -0.2) is 27.3 Å². The summed E-state index contributed by atoms with van der Waals surface area (Å²) in [5, 5.41) is 0. The summed E-state index contributed by atoms with van der Waals surface area (Å²) in [6.45, 7) is 2.99. The second kappa shape index (κ2) is 7.51. The smallest absolute Gasteiger partial charge is 0.211 e. The van der Waals surface area contributed by atoms with Crippen molar-refractivity contribution in [2.24, 2.45) is 5.73 Å². The van der Waals surface area contributed by atoms with Gasteiger partial charge in [0.1, 0.15) is 0 Å². The van der Waals surface area contributed by atoms with Crippen molar-refractivity contribution in [3.63, 3.8) is 0 Å². The first-order chi connectivity index (χ1) is 8.55. The molecular formula is C13H22N2O2S. The van der Waals surface area contributed by atoms with Crippen molar-refractivity contribution in [1.29, 1.82) is 0 Å². The highest BCUT2D eigenvalue weighted by Crippen LogP contribution is 2.13. The minimum absolute atomic E-state index is 0.158. The lowest BCUT2D eigenvalue weighted by molar-refractivity contribution is 0.571. The van der Waals surface area contributed by atoms with Crippen molar-refractivity contribution in [3.8, 4) is 0 Å². The molecule has 0 saturated carbocycles. The van der Waals surface area contributed by atoms with Crippen LogP contribution in [0.1, 0.15) is 31.2 Å². The predicted octanol–water partition coefficient (Wildman–Crippen LogP) is 1.45. The highest BCUT2D eigenvalue weighted by molar-refractivity contribution is 7.89. The van der Waals surface area contributed by atoms with Gasteiger partial charge in [-0.25, -0.2) is 13.1 Å². The van der Waals surface area contributed by atoms with Crippen LogP contribution in [0.15, 0.2) is 30.3 Å². The number of rotatable bonds is 8. The molecule has 0 aliphatic heterocycles. The molecule has 1 atom stereocenters. The SMILES string of the molecule is CC(CNS(=O)(=O)CCCCN)c1ccccc1. The van der Waals surface area contributed by atoms with Gasteiger partial charge in [0.05, 0.1) is 5.75 Å². The largest absolute Gasteiger partial charge is 0.330 e. The van der Waals surface area contributed by atoms with Crippen LogP contribution in [0.5, 0.6) is 0 Å². The van der Waals surface area contributed by atoms with Gasteiger partial charge >= 0.3 is 0 Å². The third kappa shape index (κ3) is 5.62. The maximum Gasteiger partial charge on any atom is 0.211 e. The molecule has 0 fully saturated rings. The molecule has 0 aromatic heterocycles. The molecule has 1 aromatic carbocycles. The van der Waals surface area contributed by atoms with Crippen LogP contribution in [-0.2, 0) is 10.0 Å². The summed E-state index contributed by atoms with van der Waals surface area (Å²) in [6, 6.07) is 9.89. The molecule has 0 radical (unpaired) electrons. The van der Waals surface area contributed by atoms with Crippen molar-refractivity contribution in [2.75, 3.05) is 18.8 Å². The van der Waals surface area contributed by atoms with Crippen LogP contribution in [0, 0.1) is 0 Å². The molecule has 1 rings (SSSR count). The molecule has 18 heavy (non-hydrogen) atoms. The highest BCUT2D eigenvalue weighted by atomic mass is 32.2. The zero-order valence-electron chi connectivity index (χ0n) is 10.8. The minimum atomic E-state index is -3.16. The highest BCUT2D eigenvalue weighted by Gasteiger charge is 2.12. The first-order valence-electron chi connectivity index (χ1n) is 6.27. The summed E-state index contributed by atoms with van der Waals surface area (Å²) in [5.74, 6) is 0.335. The van der Waals surface area contributed by atoms with Crippen molar-refractivity contribution in [3.05, 3.63) is 35.9 Å². The Morgan fingerprint density at radius 2 is 1.89 bits per heavy atom. The van der Waals surface area contributed by atoms with E-state index in [9.17, 15) is 8.42 Å². The minimum Gasteiger partial charge on any atom is -0.330 e. The van der Waals surface area contributed by atoms with E-state index in [2.05, 4.69) is 4.72 Å². The van der Waals surface area contributed by atoms with E-state index in [1.54, 1.807) is 0 Å². The Bertz CT molecular complexity index is 432. The van der Waals surface area contributed by atoms with Crippen LogP contribution < -0.4 is 10.5 Å². The Hall–Kier alpha value is -0.910. The van der Waals surface area contributed by atoms with Crippen molar-refractivity contribution in [1.82, 2.24) is 4.72 Å². The molecule has 0 bridgehead atoms. The monoisotopic (exact) mass is 270 g/mol. The number of nitrogens with two attached hydrogens (primary N) is 1. The van der Waals surface area contributed by atoms with E-state index in [-0.39, 0.29) is 11.7 Å². The topological polar surface area (TPSA) is 72.2 Å². The average Bonchev–Trinajstić information content (AvgIpc) is 2.37. The number of sulfonamides is 1.